The summed E-state index contributed by atoms with van der Waals surface area (Å²) >= 11 is 5.01. The van der Waals surface area contributed by atoms with Gasteiger partial charge in [0.25, 0.3) is 0 Å². The van der Waals surface area contributed by atoms with E-state index in [1.165, 1.54) is 0 Å². The number of likely N-dealkylation sites (N-methyl/N-ethyl adjacent to an activating group) is 1. The third-order valence-electron chi connectivity index (χ3n) is 5.12. The van der Waals surface area contributed by atoms with Gasteiger partial charge in [0.05, 0.1) is 5.75 Å². The highest BCUT2D eigenvalue weighted by Crippen LogP contribution is 2.19. The molecule has 3 rings (SSSR count). The molecule has 0 unspecified atom stereocenters. The lowest BCUT2D eigenvalue weighted by atomic mass is 10.0. The molecule has 1 N–H and O–H groups in total. The third-order valence-corrected chi connectivity index (χ3v) is 6.64. The molecule has 0 bridgehead atoms. The second kappa shape index (κ2) is 12.5. The van der Waals surface area contributed by atoms with Gasteiger partial charge >= 0.3 is 0 Å². The molecule has 166 valence electrons. The predicted octanol–water partition coefficient (Wildman–Crippen LogP) is 5.07. The quantitative estimate of drug-likeness (QED) is 0.414. The van der Waals surface area contributed by atoms with Gasteiger partial charge in [-0.05, 0) is 28.8 Å². The number of halogens is 1. The van der Waals surface area contributed by atoms with Crippen LogP contribution in [-0.2, 0) is 28.3 Å². The molecule has 4 nitrogen and oxygen atoms in total. The maximum Gasteiger partial charge on any atom is 0.242 e. The van der Waals surface area contributed by atoms with Crippen LogP contribution in [0.15, 0.2) is 89.4 Å². The van der Waals surface area contributed by atoms with Crippen LogP contribution in [0.3, 0.4) is 0 Å². The monoisotopic (exact) mass is 510 g/mol. The van der Waals surface area contributed by atoms with E-state index in [9.17, 15) is 9.59 Å². The Hall–Kier alpha value is -2.57. The average Bonchev–Trinajstić information content (AvgIpc) is 2.83. The van der Waals surface area contributed by atoms with Crippen molar-refractivity contribution < 1.29 is 9.59 Å². The Morgan fingerprint density at radius 3 is 2.06 bits per heavy atom. The highest BCUT2D eigenvalue weighted by atomic mass is 79.9. The summed E-state index contributed by atoms with van der Waals surface area (Å²) in [6.45, 7) is 0.392. The van der Waals surface area contributed by atoms with Crippen molar-refractivity contribution in [2.45, 2.75) is 24.8 Å². The Bertz CT molecular complexity index is 997. The van der Waals surface area contributed by atoms with Crippen molar-refractivity contribution >= 4 is 39.5 Å². The van der Waals surface area contributed by atoms with Gasteiger partial charge < -0.3 is 10.2 Å². The van der Waals surface area contributed by atoms with E-state index in [1.54, 1.807) is 23.7 Å². The van der Waals surface area contributed by atoms with Gasteiger partial charge in [-0.15, -0.1) is 11.8 Å². The topological polar surface area (TPSA) is 49.4 Å². The largest absolute Gasteiger partial charge is 0.357 e. The fraction of sp³-hybridized carbons (Fsp3) is 0.231. The number of rotatable bonds is 10. The Balaban J connectivity index is 1.77. The number of nitrogens with zero attached hydrogens (tertiary/aromatic N) is 1. The summed E-state index contributed by atoms with van der Waals surface area (Å²) in [4.78, 5) is 27.9. The van der Waals surface area contributed by atoms with Gasteiger partial charge in [0.2, 0.25) is 11.8 Å². The molecule has 0 aliphatic rings. The van der Waals surface area contributed by atoms with Gasteiger partial charge in [-0.25, -0.2) is 0 Å². The van der Waals surface area contributed by atoms with Gasteiger partial charge in [0, 0.05) is 30.2 Å². The highest BCUT2D eigenvalue weighted by Gasteiger charge is 2.29. The van der Waals surface area contributed by atoms with Crippen molar-refractivity contribution in [1.82, 2.24) is 10.2 Å². The van der Waals surface area contributed by atoms with Crippen molar-refractivity contribution in [2.24, 2.45) is 0 Å². The lowest BCUT2D eigenvalue weighted by Crippen LogP contribution is -2.50. The number of hydrogen-bond acceptors (Lipinski definition) is 3. The maximum atomic E-state index is 13.4. The van der Waals surface area contributed by atoms with Gasteiger partial charge in [0.15, 0.2) is 0 Å². The molecule has 6 heteroatoms. The molecule has 3 aromatic carbocycles. The standard InChI is InChI=1S/C26H27BrN2O2S/c1-28-26(31)24(16-20-8-4-2-5-9-20)29(17-21-10-6-3-7-11-21)25(30)19-32-18-22-12-14-23(27)15-13-22/h2-15,24H,16-19H2,1H3,(H,28,31)/t24-/m1/s1. The summed E-state index contributed by atoms with van der Waals surface area (Å²) in [6.07, 6.45) is 0.469. The minimum atomic E-state index is -0.580. The minimum absolute atomic E-state index is 0.0412. The lowest BCUT2D eigenvalue weighted by molar-refractivity contribution is -0.139. The fourth-order valence-corrected chi connectivity index (χ4v) is 4.56. The number of carbonyl (C=O) groups excluding carboxylic acids is 2. The molecule has 0 aliphatic heterocycles. The van der Waals surface area contributed by atoms with Crippen LogP contribution < -0.4 is 5.32 Å². The van der Waals surface area contributed by atoms with Crippen LogP contribution in [0.4, 0.5) is 0 Å². The highest BCUT2D eigenvalue weighted by molar-refractivity contribution is 9.10. The second-order valence-corrected chi connectivity index (χ2v) is 9.35. The van der Waals surface area contributed by atoms with E-state index < -0.39 is 6.04 Å². The Morgan fingerprint density at radius 2 is 1.47 bits per heavy atom. The normalized spacial score (nSPS) is 11.6. The van der Waals surface area contributed by atoms with Gasteiger partial charge in [-0.3, -0.25) is 9.59 Å². The molecule has 0 spiro atoms. The number of amides is 2. The molecule has 32 heavy (non-hydrogen) atoms. The van der Waals surface area contributed by atoms with Crippen LogP contribution in [-0.4, -0.2) is 35.6 Å². The van der Waals surface area contributed by atoms with Crippen LogP contribution in [0.5, 0.6) is 0 Å². The number of nitrogens with one attached hydrogen (secondary N) is 1. The average molecular weight is 511 g/mol. The summed E-state index contributed by atoms with van der Waals surface area (Å²) in [5.74, 6) is 0.851. The molecular formula is C26H27BrN2O2S. The number of carbonyl (C=O) groups is 2. The summed E-state index contributed by atoms with van der Waals surface area (Å²) < 4.78 is 1.03. The van der Waals surface area contributed by atoms with Crippen molar-refractivity contribution in [3.05, 3.63) is 106 Å². The predicted molar refractivity (Wildman–Crippen MR) is 135 cm³/mol. The van der Waals surface area contributed by atoms with Gasteiger partial charge in [0.1, 0.15) is 6.04 Å². The SMILES string of the molecule is CNC(=O)[C@@H](Cc1ccccc1)N(Cc1ccccc1)C(=O)CSCc1ccc(Br)cc1. The van der Waals surface area contributed by atoms with E-state index >= 15 is 0 Å². The Labute approximate surface area is 202 Å². The first-order valence-corrected chi connectivity index (χ1v) is 12.4. The smallest absolute Gasteiger partial charge is 0.242 e. The molecule has 1 atom stereocenters. The van der Waals surface area contributed by atoms with Crippen LogP contribution >= 0.6 is 27.7 Å². The molecule has 0 aliphatic carbocycles. The van der Waals surface area contributed by atoms with E-state index in [-0.39, 0.29) is 11.8 Å². The summed E-state index contributed by atoms with van der Waals surface area (Å²) in [5.41, 5.74) is 3.18. The lowest BCUT2D eigenvalue weighted by Gasteiger charge is -2.31. The van der Waals surface area contributed by atoms with Crippen LogP contribution in [0.25, 0.3) is 0 Å². The van der Waals surface area contributed by atoms with Gasteiger partial charge in [-0.1, -0.05) is 88.7 Å². The Morgan fingerprint density at radius 1 is 0.875 bits per heavy atom. The van der Waals surface area contributed by atoms with Crippen LogP contribution in [0, 0.1) is 0 Å². The summed E-state index contributed by atoms with van der Waals surface area (Å²) in [6, 6.07) is 27.2. The van der Waals surface area contributed by atoms with E-state index in [0.717, 1.165) is 26.9 Å². The number of hydrogen-bond donors (Lipinski definition) is 1. The molecule has 3 aromatic rings. The third kappa shape index (κ3) is 7.24. The molecule has 0 saturated heterocycles. The maximum absolute atomic E-state index is 13.4. The summed E-state index contributed by atoms with van der Waals surface area (Å²) in [5, 5.41) is 2.75. The fourth-order valence-electron chi connectivity index (χ4n) is 3.42. The van der Waals surface area contributed by atoms with Crippen molar-refractivity contribution in [3.8, 4) is 0 Å². The number of thioether (sulfide) groups is 1. The van der Waals surface area contributed by atoms with Crippen LogP contribution in [0.2, 0.25) is 0 Å². The van der Waals surface area contributed by atoms with E-state index in [2.05, 4.69) is 21.2 Å². The van der Waals surface area contributed by atoms with E-state index in [0.29, 0.717) is 18.7 Å². The van der Waals surface area contributed by atoms with Crippen molar-refractivity contribution in [1.29, 1.82) is 0 Å². The Kier molecular flexibility index (Phi) is 9.38. The second-order valence-electron chi connectivity index (χ2n) is 7.45. The first kappa shape index (κ1) is 24.1. The zero-order chi connectivity index (χ0) is 22.8. The zero-order valence-corrected chi connectivity index (χ0v) is 20.4. The molecule has 0 fully saturated rings. The summed E-state index contributed by atoms with van der Waals surface area (Å²) in [7, 11) is 1.62. The first-order chi connectivity index (χ1) is 15.6. The minimum Gasteiger partial charge on any atom is -0.357 e. The first-order valence-electron chi connectivity index (χ1n) is 10.5. The van der Waals surface area contributed by atoms with E-state index in [1.807, 2.05) is 84.9 Å². The van der Waals surface area contributed by atoms with Crippen molar-refractivity contribution in [2.75, 3.05) is 12.8 Å². The molecule has 0 heterocycles. The van der Waals surface area contributed by atoms with E-state index in [4.69, 9.17) is 0 Å². The molecule has 0 aromatic heterocycles. The zero-order valence-electron chi connectivity index (χ0n) is 18.0. The molecule has 2 amide bonds. The van der Waals surface area contributed by atoms with Crippen LogP contribution in [0.1, 0.15) is 16.7 Å². The molecule has 0 saturated carbocycles. The number of benzene rings is 3. The van der Waals surface area contributed by atoms with Crippen molar-refractivity contribution in [3.63, 3.8) is 0 Å². The molecular weight excluding hydrogens is 484 g/mol. The van der Waals surface area contributed by atoms with Gasteiger partial charge in [-0.2, -0.15) is 0 Å². The molecule has 0 radical (unpaired) electrons.